The highest BCUT2D eigenvalue weighted by molar-refractivity contribution is 6.01. The Morgan fingerprint density at radius 3 is 2.14 bits per heavy atom. The standard InChI is InChI=1S/C18H19F2NO/c1-2-16(21-13-14-9-5-3-6-10-14)18(19,20)17(22)15-11-7-4-8-12-15/h3-12,16,21H,2,13H2,1H3. The number of rotatable bonds is 7. The molecule has 0 heterocycles. The van der Waals surface area contributed by atoms with E-state index in [-0.39, 0.29) is 12.0 Å². The second kappa shape index (κ2) is 7.27. The zero-order valence-corrected chi connectivity index (χ0v) is 12.4. The molecule has 2 aromatic rings. The van der Waals surface area contributed by atoms with Crippen LogP contribution in [0.1, 0.15) is 29.3 Å². The van der Waals surface area contributed by atoms with Crippen LogP contribution in [-0.4, -0.2) is 17.7 Å². The summed E-state index contributed by atoms with van der Waals surface area (Å²) in [5.41, 5.74) is 0.941. The third-order valence-corrected chi connectivity index (χ3v) is 3.58. The van der Waals surface area contributed by atoms with Gasteiger partial charge in [-0.25, -0.2) is 0 Å². The summed E-state index contributed by atoms with van der Waals surface area (Å²) in [5, 5.41) is 2.81. The molecule has 0 amide bonds. The van der Waals surface area contributed by atoms with Gasteiger partial charge in [0, 0.05) is 12.1 Å². The van der Waals surface area contributed by atoms with Gasteiger partial charge >= 0.3 is 5.92 Å². The van der Waals surface area contributed by atoms with Crippen molar-refractivity contribution in [1.82, 2.24) is 5.32 Å². The monoisotopic (exact) mass is 303 g/mol. The van der Waals surface area contributed by atoms with Crippen molar-refractivity contribution >= 4 is 5.78 Å². The van der Waals surface area contributed by atoms with Crippen molar-refractivity contribution in [2.45, 2.75) is 31.9 Å². The number of halogens is 2. The average Bonchev–Trinajstić information content (AvgIpc) is 2.56. The minimum atomic E-state index is -3.44. The number of carbonyl (C=O) groups excluding carboxylic acids is 1. The maximum atomic E-state index is 14.5. The fraction of sp³-hybridized carbons (Fsp3) is 0.278. The molecular formula is C18H19F2NO. The number of alkyl halides is 2. The Labute approximate surface area is 129 Å². The zero-order valence-electron chi connectivity index (χ0n) is 12.4. The highest BCUT2D eigenvalue weighted by atomic mass is 19.3. The number of hydrogen-bond donors (Lipinski definition) is 1. The number of benzene rings is 2. The SMILES string of the molecule is CCC(NCc1ccccc1)C(F)(F)C(=O)c1ccccc1. The summed E-state index contributed by atoms with van der Waals surface area (Å²) in [5.74, 6) is -4.58. The summed E-state index contributed by atoms with van der Waals surface area (Å²) in [6.45, 7) is 1.95. The molecule has 0 spiro atoms. The number of nitrogens with one attached hydrogen (secondary N) is 1. The minimum absolute atomic E-state index is 0.0347. The first-order chi connectivity index (χ1) is 10.6. The second-order valence-electron chi connectivity index (χ2n) is 5.15. The van der Waals surface area contributed by atoms with Crippen LogP contribution in [0.15, 0.2) is 60.7 Å². The molecule has 0 radical (unpaired) electrons. The molecule has 22 heavy (non-hydrogen) atoms. The van der Waals surface area contributed by atoms with E-state index in [1.807, 2.05) is 30.3 Å². The number of Topliss-reactive ketones (excluding diaryl/α,β-unsaturated/α-hetero) is 1. The molecule has 0 saturated carbocycles. The largest absolute Gasteiger partial charge is 0.324 e. The van der Waals surface area contributed by atoms with E-state index in [0.29, 0.717) is 6.54 Å². The van der Waals surface area contributed by atoms with Crippen molar-refractivity contribution in [1.29, 1.82) is 0 Å². The van der Waals surface area contributed by atoms with Gasteiger partial charge in [-0.3, -0.25) is 4.79 Å². The first-order valence-corrected chi connectivity index (χ1v) is 7.30. The van der Waals surface area contributed by atoms with Crippen molar-refractivity contribution < 1.29 is 13.6 Å². The molecular weight excluding hydrogens is 284 g/mol. The van der Waals surface area contributed by atoms with Crippen molar-refractivity contribution in [3.63, 3.8) is 0 Å². The van der Waals surface area contributed by atoms with E-state index in [4.69, 9.17) is 0 Å². The van der Waals surface area contributed by atoms with Gasteiger partial charge < -0.3 is 5.32 Å². The topological polar surface area (TPSA) is 29.1 Å². The molecule has 0 aromatic heterocycles. The van der Waals surface area contributed by atoms with E-state index in [2.05, 4.69) is 5.32 Å². The summed E-state index contributed by atoms with van der Waals surface area (Å²) in [4.78, 5) is 12.1. The molecule has 0 fully saturated rings. The molecule has 2 aromatic carbocycles. The fourth-order valence-corrected chi connectivity index (χ4v) is 2.31. The molecule has 0 saturated heterocycles. The summed E-state index contributed by atoms with van der Waals surface area (Å²) in [7, 11) is 0. The molecule has 116 valence electrons. The molecule has 2 nitrogen and oxygen atoms in total. The molecule has 2 rings (SSSR count). The summed E-state index contributed by atoms with van der Waals surface area (Å²) >= 11 is 0. The van der Waals surface area contributed by atoms with E-state index in [1.54, 1.807) is 25.1 Å². The van der Waals surface area contributed by atoms with Crippen molar-refractivity contribution in [3.8, 4) is 0 Å². The predicted octanol–water partition coefficient (Wildman–Crippen LogP) is 4.07. The Balaban J connectivity index is 2.09. The maximum Gasteiger partial charge on any atom is 0.324 e. The van der Waals surface area contributed by atoms with Crippen LogP contribution in [0.25, 0.3) is 0 Å². The van der Waals surface area contributed by atoms with E-state index in [0.717, 1.165) is 5.56 Å². The van der Waals surface area contributed by atoms with Crippen LogP contribution in [-0.2, 0) is 6.54 Å². The van der Waals surface area contributed by atoms with Gasteiger partial charge in [-0.2, -0.15) is 8.78 Å². The van der Waals surface area contributed by atoms with E-state index in [1.165, 1.54) is 12.1 Å². The highest BCUT2D eigenvalue weighted by Gasteiger charge is 2.46. The first kappa shape index (κ1) is 16.3. The molecule has 0 aliphatic carbocycles. The Kier molecular flexibility index (Phi) is 5.39. The van der Waals surface area contributed by atoms with Crippen molar-refractivity contribution in [2.75, 3.05) is 0 Å². The lowest BCUT2D eigenvalue weighted by molar-refractivity contribution is -0.0168. The Morgan fingerprint density at radius 1 is 1.05 bits per heavy atom. The molecule has 0 aliphatic rings. The second-order valence-corrected chi connectivity index (χ2v) is 5.15. The van der Waals surface area contributed by atoms with Crippen LogP contribution in [0.2, 0.25) is 0 Å². The lowest BCUT2D eigenvalue weighted by Crippen LogP contribution is -2.49. The summed E-state index contributed by atoms with van der Waals surface area (Å²) in [6, 6.07) is 15.8. The quantitative estimate of drug-likeness (QED) is 0.781. The van der Waals surface area contributed by atoms with Gasteiger partial charge in [-0.05, 0) is 12.0 Å². The smallest absolute Gasteiger partial charge is 0.304 e. The van der Waals surface area contributed by atoms with Crippen molar-refractivity contribution in [3.05, 3.63) is 71.8 Å². The summed E-state index contributed by atoms with van der Waals surface area (Å²) in [6.07, 6.45) is 0.165. The molecule has 1 atom stereocenters. The highest BCUT2D eigenvalue weighted by Crippen LogP contribution is 2.26. The molecule has 1 unspecified atom stereocenters. The van der Waals surface area contributed by atoms with Crippen LogP contribution < -0.4 is 5.32 Å². The van der Waals surface area contributed by atoms with Crippen molar-refractivity contribution in [2.24, 2.45) is 0 Å². The lowest BCUT2D eigenvalue weighted by Gasteiger charge is -2.26. The van der Waals surface area contributed by atoms with Crippen LogP contribution in [0.3, 0.4) is 0 Å². The minimum Gasteiger partial charge on any atom is -0.304 e. The Bertz CT molecular complexity index is 599. The van der Waals surface area contributed by atoms with Gasteiger partial charge in [0.25, 0.3) is 0 Å². The van der Waals surface area contributed by atoms with Gasteiger partial charge in [0.1, 0.15) is 0 Å². The Hall–Kier alpha value is -2.07. The third-order valence-electron chi connectivity index (χ3n) is 3.58. The fourth-order valence-electron chi connectivity index (χ4n) is 2.31. The van der Waals surface area contributed by atoms with E-state index >= 15 is 0 Å². The first-order valence-electron chi connectivity index (χ1n) is 7.30. The molecule has 0 aliphatic heterocycles. The maximum absolute atomic E-state index is 14.5. The number of carbonyl (C=O) groups is 1. The average molecular weight is 303 g/mol. The lowest BCUT2D eigenvalue weighted by atomic mass is 9.97. The van der Waals surface area contributed by atoms with Crippen LogP contribution in [0, 0.1) is 0 Å². The van der Waals surface area contributed by atoms with E-state index < -0.39 is 17.7 Å². The third kappa shape index (κ3) is 3.77. The molecule has 1 N–H and O–H groups in total. The Morgan fingerprint density at radius 2 is 1.59 bits per heavy atom. The molecule has 0 bridgehead atoms. The number of ketones is 1. The summed E-state index contributed by atoms with van der Waals surface area (Å²) < 4.78 is 28.9. The van der Waals surface area contributed by atoms with Gasteiger partial charge in [0.2, 0.25) is 5.78 Å². The van der Waals surface area contributed by atoms with Gasteiger partial charge in [-0.15, -0.1) is 0 Å². The van der Waals surface area contributed by atoms with Gasteiger partial charge in [0.05, 0.1) is 6.04 Å². The number of hydrogen-bond acceptors (Lipinski definition) is 2. The predicted molar refractivity (Wildman–Crippen MR) is 83.1 cm³/mol. The zero-order chi connectivity index (χ0) is 16.0. The van der Waals surface area contributed by atoms with Crippen LogP contribution in [0.4, 0.5) is 8.78 Å². The molecule has 4 heteroatoms. The van der Waals surface area contributed by atoms with Gasteiger partial charge in [0.15, 0.2) is 0 Å². The van der Waals surface area contributed by atoms with Crippen LogP contribution in [0.5, 0.6) is 0 Å². The van der Waals surface area contributed by atoms with E-state index in [9.17, 15) is 13.6 Å². The van der Waals surface area contributed by atoms with Gasteiger partial charge in [-0.1, -0.05) is 67.6 Å². The van der Waals surface area contributed by atoms with Crippen LogP contribution >= 0.6 is 0 Å². The normalized spacial score (nSPS) is 12.9.